The maximum absolute atomic E-state index is 12.3. The first kappa shape index (κ1) is 18.4. The zero-order chi connectivity index (χ0) is 17.5. The number of rotatable bonds is 7. The maximum atomic E-state index is 12.3. The number of aryl methyl sites for hydroxylation is 1. The number of ether oxygens (including phenoxy) is 1. The summed E-state index contributed by atoms with van der Waals surface area (Å²) >= 11 is 0. The summed E-state index contributed by atoms with van der Waals surface area (Å²) in [5.41, 5.74) is 2.50. The first-order chi connectivity index (χ1) is 12.2. The number of amides is 1. The summed E-state index contributed by atoms with van der Waals surface area (Å²) in [5.74, 6) is 0.117. The number of hydrogen-bond acceptors (Lipinski definition) is 4. The Bertz CT molecular complexity index is 534. The Balaban J connectivity index is 1.56. The lowest BCUT2D eigenvalue weighted by molar-refractivity contribution is -0.121. The molecular formula is C20H31N3O2. The number of carbonyl (C=O) groups excluding carboxylic acids is 1. The summed E-state index contributed by atoms with van der Waals surface area (Å²) in [6.45, 7) is 6.88. The van der Waals surface area contributed by atoms with Gasteiger partial charge >= 0.3 is 0 Å². The molecule has 1 aliphatic carbocycles. The van der Waals surface area contributed by atoms with E-state index in [1.54, 1.807) is 0 Å². The van der Waals surface area contributed by atoms with Gasteiger partial charge in [-0.05, 0) is 25.3 Å². The van der Waals surface area contributed by atoms with Crippen LogP contribution in [0.4, 0.5) is 0 Å². The lowest BCUT2D eigenvalue weighted by Gasteiger charge is -2.31. The molecule has 2 fully saturated rings. The molecule has 1 amide bonds. The Morgan fingerprint density at radius 2 is 1.88 bits per heavy atom. The van der Waals surface area contributed by atoms with E-state index in [9.17, 15) is 4.79 Å². The summed E-state index contributed by atoms with van der Waals surface area (Å²) in [6, 6.07) is 9.16. The molecule has 5 heteroatoms. The van der Waals surface area contributed by atoms with E-state index in [1.807, 2.05) is 0 Å². The number of carbonyl (C=O) groups is 1. The molecule has 2 N–H and O–H groups in total. The molecule has 1 aromatic rings. The molecule has 0 bridgehead atoms. The lowest BCUT2D eigenvalue weighted by Crippen LogP contribution is -2.45. The van der Waals surface area contributed by atoms with Crippen molar-refractivity contribution in [1.29, 1.82) is 0 Å². The van der Waals surface area contributed by atoms with E-state index in [4.69, 9.17) is 4.74 Å². The van der Waals surface area contributed by atoms with Gasteiger partial charge in [0.15, 0.2) is 0 Å². The van der Waals surface area contributed by atoms with Crippen LogP contribution in [0.25, 0.3) is 0 Å². The van der Waals surface area contributed by atoms with Crippen LogP contribution in [0.2, 0.25) is 0 Å². The van der Waals surface area contributed by atoms with E-state index >= 15 is 0 Å². The molecule has 2 aliphatic rings. The van der Waals surface area contributed by atoms with E-state index in [-0.39, 0.29) is 11.9 Å². The first-order valence-corrected chi connectivity index (χ1v) is 9.60. The third-order valence-electron chi connectivity index (χ3n) is 5.25. The Morgan fingerprint density at radius 3 is 2.56 bits per heavy atom. The number of nitrogens with zero attached hydrogens (tertiary/aromatic N) is 1. The minimum atomic E-state index is 0.117. The van der Waals surface area contributed by atoms with Crippen LogP contribution >= 0.6 is 0 Å². The van der Waals surface area contributed by atoms with Crippen molar-refractivity contribution in [3.63, 3.8) is 0 Å². The zero-order valence-electron chi connectivity index (χ0n) is 15.3. The van der Waals surface area contributed by atoms with E-state index in [0.717, 1.165) is 45.7 Å². The Morgan fingerprint density at radius 1 is 1.20 bits per heavy atom. The predicted molar refractivity (Wildman–Crippen MR) is 99.6 cm³/mol. The van der Waals surface area contributed by atoms with Gasteiger partial charge in [-0.2, -0.15) is 0 Å². The van der Waals surface area contributed by atoms with Crippen LogP contribution in [-0.4, -0.2) is 56.2 Å². The average molecular weight is 345 g/mol. The molecule has 138 valence electrons. The molecule has 1 aliphatic heterocycles. The summed E-state index contributed by atoms with van der Waals surface area (Å²) < 4.78 is 5.45. The summed E-state index contributed by atoms with van der Waals surface area (Å²) in [7, 11) is 0. The monoisotopic (exact) mass is 345 g/mol. The fraction of sp³-hybridized carbons (Fsp3) is 0.650. The van der Waals surface area contributed by atoms with Crippen molar-refractivity contribution in [3.05, 3.63) is 35.4 Å². The third kappa shape index (κ3) is 5.80. The Kier molecular flexibility index (Phi) is 6.84. The van der Waals surface area contributed by atoms with Crippen LogP contribution in [0.1, 0.15) is 42.9 Å². The van der Waals surface area contributed by atoms with Gasteiger partial charge in [-0.25, -0.2) is 0 Å². The molecule has 1 saturated heterocycles. The second-order valence-electron chi connectivity index (χ2n) is 7.31. The Labute approximate surface area is 151 Å². The van der Waals surface area contributed by atoms with Crippen LogP contribution in [0.5, 0.6) is 0 Å². The number of benzene rings is 1. The highest BCUT2D eigenvalue weighted by Crippen LogP contribution is 2.18. The average Bonchev–Trinajstić information content (AvgIpc) is 3.13. The number of hydrogen-bond donors (Lipinski definition) is 2. The second-order valence-corrected chi connectivity index (χ2v) is 7.31. The van der Waals surface area contributed by atoms with Crippen LogP contribution < -0.4 is 10.6 Å². The van der Waals surface area contributed by atoms with Crippen LogP contribution in [-0.2, 0) is 9.53 Å². The molecule has 0 radical (unpaired) electrons. The van der Waals surface area contributed by atoms with Crippen LogP contribution in [0, 0.1) is 6.92 Å². The lowest BCUT2D eigenvalue weighted by atomic mass is 10.0. The third-order valence-corrected chi connectivity index (χ3v) is 5.25. The minimum Gasteiger partial charge on any atom is -0.379 e. The summed E-state index contributed by atoms with van der Waals surface area (Å²) in [4.78, 5) is 14.7. The van der Waals surface area contributed by atoms with E-state index in [1.165, 1.54) is 24.0 Å². The van der Waals surface area contributed by atoms with Crippen molar-refractivity contribution >= 4 is 5.91 Å². The summed E-state index contributed by atoms with van der Waals surface area (Å²) in [6.07, 6.45) is 4.73. The predicted octanol–water partition coefficient (Wildman–Crippen LogP) is 2.02. The highest BCUT2D eigenvalue weighted by atomic mass is 16.5. The van der Waals surface area contributed by atoms with Gasteiger partial charge < -0.3 is 15.4 Å². The highest BCUT2D eigenvalue weighted by Gasteiger charge is 2.21. The van der Waals surface area contributed by atoms with Crippen LogP contribution in [0.15, 0.2) is 24.3 Å². The fourth-order valence-electron chi connectivity index (χ4n) is 3.69. The number of nitrogens with one attached hydrogen (secondary N) is 2. The van der Waals surface area contributed by atoms with Crippen molar-refractivity contribution in [2.45, 2.75) is 44.7 Å². The topological polar surface area (TPSA) is 53.6 Å². The zero-order valence-corrected chi connectivity index (χ0v) is 15.3. The molecule has 25 heavy (non-hydrogen) atoms. The largest absolute Gasteiger partial charge is 0.379 e. The SMILES string of the molecule is Cc1ccc(C(CN2CCOCC2)NCC(=O)NC2CCCC2)cc1. The van der Waals surface area contributed by atoms with Gasteiger partial charge in [-0.3, -0.25) is 9.69 Å². The molecule has 3 rings (SSSR count). The number of morpholine rings is 1. The molecule has 0 aromatic heterocycles. The molecule has 1 heterocycles. The van der Waals surface area contributed by atoms with Gasteiger partial charge in [0.05, 0.1) is 19.8 Å². The Hall–Kier alpha value is -1.43. The first-order valence-electron chi connectivity index (χ1n) is 9.60. The highest BCUT2D eigenvalue weighted by molar-refractivity contribution is 5.78. The van der Waals surface area contributed by atoms with Gasteiger partial charge in [0.2, 0.25) is 5.91 Å². The molecular weight excluding hydrogens is 314 g/mol. The quantitative estimate of drug-likeness (QED) is 0.794. The fourth-order valence-corrected chi connectivity index (χ4v) is 3.69. The standard InChI is InChI=1S/C20H31N3O2/c1-16-6-8-17(9-7-16)19(15-23-10-12-25-13-11-23)21-14-20(24)22-18-4-2-3-5-18/h6-9,18-19,21H,2-5,10-15H2,1H3,(H,22,24). The van der Waals surface area contributed by atoms with Gasteiger partial charge in [0.25, 0.3) is 0 Å². The van der Waals surface area contributed by atoms with E-state index in [0.29, 0.717) is 12.6 Å². The second kappa shape index (κ2) is 9.32. The minimum absolute atomic E-state index is 0.117. The molecule has 1 saturated carbocycles. The van der Waals surface area contributed by atoms with Crippen molar-refractivity contribution in [2.24, 2.45) is 0 Å². The van der Waals surface area contributed by atoms with Crippen molar-refractivity contribution in [3.8, 4) is 0 Å². The molecule has 1 aromatic carbocycles. The normalized spacial score (nSPS) is 20.5. The smallest absolute Gasteiger partial charge is 0.234 e. The molecule has 5 nitrogen and oxygen atoms in total. The van der Waals surface area contributed by atoms with E-state index in [2.05, 4.69) is 46.7 Å². The van der Waals surface area contributed by atoms with Gasteiger partial charge in [0.1, 0.15) is 0 Å². The van der Waals surface area contributed by atoms with Crippen LogP contribution in [0.3, 0.4) is 0 Å². The maximum Gasteiger partial charge on any atom is 0.234 e. The van der Waals surface area contributed by atoms with Gasteiger partial charge in [0, 0.05) is 31.7 Å². The summed E-state index contributed by atoms with van der Waals surface area (Å²) in [5, 5.41) is 6.65. The van der Waals surface area contributed by atoms with E-state index < -0.39 is 0 Å². The van der Waals surface area contributed by atoms with Gasteiger partial charge in [-0.15, -0.1) is 0 Å². The van der Waals surface area contributed by atoms with Crippen molar-refractivity contribution in [2.75, 3.05) is 39.4 Å². The molecule has 0 spiro atoms. The van der Waals surface area contributed by atoms with Crippen molar-refractivity contribution < 1.29 is 9.53 Å². The van der Waals surface area contributed by atoms with Crippen molar-refractivity contribution in [1.82, 2.24) is 15.5 Å². The molecule has 1 unspecified atom stereocenters. The van der Waals surface area contributed by atoms with Gasteiger partial charge in [-0.1, -0.05) is 42.7 Å². The molecule has 1 atom stereocenters.